The van der Waals surface area contributed by atoms with Crippen LogP contribution in [-0.2, 0) is 18.3 Å². The molecule has 2 heterocycles. The van der Waals surface area contributed by atoms with Crippen molar-refractivity contribution in [2.45, 2.75) is 19.4 Å². The summed E-state index contributed by atoms with van der Waals surface area (Å²) in [5.74, 6) is -0.392. The molecule has 6 nitrogen and oxygen atoms in total. The maximum atomic E-state index is 12.8. The number of nitrogens with one attached hydrogen (secondary N) is 1. The number of nitrogens with zero attached hydrogens (tertiary/aromatic N) is 3. The van der Waals surface area contributed by atoms with Crippen molar-refractivity contribution in [1.29, 1.82) is 0 Å². The number of carbonyl (C=O) groups excluding carboxylic acids is 2. The molecule has 0 saturated heterocycles. The van der Waals surface area contributed by atoms with E-state index in [1.807, 2.05) is 49.6 Å². The molecule has 7 heteroatoms. The summed E-state index contributed by atoms with van der Waals surface area (Å²) < 4.78 is 1.74. The predicted molar refractivity (Wildman–Crippen MR) is 113 cm³/mol. The maximum absolute atomic E-state index is 12.8. The van der Waals surface area contributed by atoms with Gasteiger partial charge in [-0.05, 0) is 49.2 Å². The van der Waals surface area contributed by atoms with Gasteiger partial charge in [0.25, 0.3) is 5.91 Å². The molecule has 1 aliphatic rings. The Morgan fingerprint density at radius 3 is 2.62 bits per heavy atom. The third-order valence-electron chi connectivity index (χ3n) is 5.19. The molecular weight excluding hydrogens is 388 g/mol. The second kappa shape index (κ2) is 7.72. The lowest BCUT2D eigenvalue weighted by atomic mass is 9.98. The quantitative estimate of drug-likeness (QED) is 0.714. The standard InChI is InChI=1S/C22H21ClN4O2/c1-14(27-12-9-15-3-6-17(23)13-19(15)22(27)29)21(28)24-18-7-4-16(5-8-18)20-10-11-26(2)25-20/h3-8,10-11,13-14H,9,12H2,1-2H3,(H,24,28)/t14-/m1/s1. The zero-order valence-corrected chi connectivity index (χ0v) is 17.0. The van der Waals surface area contributed by atoms with Gasteiger partial charge in [0.05, 0.1) is 5.69 Å². The van der Waals surface area contributed by atoms with E-state index >= 15 is 0 Å². The average Bonchev–Trinajstić information content (AvgIpc) is 3.15. The van der Waals surface area contributed by atoms with Crippen LogP contribution >= 0.6 is 11.6 Å². The molecule has 1 aromatic heterocycles. The molecule has 2 aromatic carbocycles. The van der Waals surface area contributed by atoms with Crippen LogP contribution in [0.25, 0.3) is 11.3 Å². The van der Waals surface area contributed by atoms with Crippen molar-refractivity contribution in [3.8, 4) is 11.3 Å². The fourth-order valence-electron chi connectivity index (χ4n) is 3.51. The molecular formula is C22H21ClN4O2. The van der Waals surface area contributed by atoms with E-state index in [1.54, 1.807) is 28.6 Å². The molecule has 29 heavy (non-hydrogen) atoms. The Kier molecular flexibility index (Phi) is 5.11. The third-order valence-corrected chi connectivity index (χ3v) is 5.43. The normalized spacial score (nSPS) is 14.4. The van der Waals surface area contributed by atoms with Crippen LogP contribution in [0.5, 0.6) is 0 Å². The summed E-state index contributed by atoms with van der Waals surface area (Å²) in [4.78, 5) is 27.2. The predicted octanol–water partition coefficient (Wildman–Crippen LogP) is 3.77. The summed E-state index contributed by atoms with van der Waals surface area (Å²) in [6.45, 7) is 2.24. The largest absolute Gasteiger partial charge is 0.327 e. The Morgan fingerprint density at radius 2 is 1.93 bits per heavy atom. The number of amides is 2. The van der Waals surface area contributed by atoms with E-state index in [0.29, 0.717) is 29.2 Å². The lowest BCUT2D eigenvalue weighted by Crippen LogP contribution is -2.48. The summed E-state index contributed by atoms with van der Waals surface area (Å²) in [6, 6.07) is 14.2. The second-order valence-electron chi connectivity index (χ2n) is 7.17. The maximum Gasteiger partial charge on any atom is 0.254 e. The highest BCUT2D eigenvalue weighted by molar-refractivity contribution is 6.31. The average molecular weight is 409 g/mol. The fourth-order valence-corrected chi connectivity index (χ4v) is 3.69. The van der Waals surface area contributed by atoms with E-state index in [2.05, 4.69) is 10.4 Å². The van der Waals surface area contributed by atoms with Crippen LogP contribution in [0, 0.1) is 0 Å². The molecule has 0 bridgehead atoms. The monoisotopic (exact) mass is 408 g/mol. The molecule has 0 radical (unpaired) electrons. The molecule has 0 unspecified atom stereocenters. The van der Waals surface area contributed by atoms with Gasteiger partial charge in [-0.2, -0.15) is 5.10 Å². The lowest BCUT2D eigenvalue weighted by molar-refractivity contribution is -0.120. The van der Waals surface area contributed by atoms with E-state index in [0.717, 1.165) is 16.8 Å². The molecule has 1 atom stereocenters. The second-order valence-corrected chi connectivity index (χ2v) is 7.60. The van der Waals surface area contributed by atoms with Crippen LogP contribution < -0.4 is 5.32 Å². The van der Waals surface area contributed by atoms with Crippen LogP contribution in [-0.4, -0.2) is 39.1 Å². The minimum atomic E-state index is -0.593. The summed E-state index contributed by atoms with van der Waals surface area (Å²) >= 11 is 6.04. The van der Waals surface area contributed by atoms with Crippen molar-refractivity contribution in [3.05, 3.63) is 70.9 Å². The SMILES string of the molecule is C[C@H](C(=O)Nc1ccc(-c2ccn(C)n2)cc1)N1CCc2ccc(Cl)cc2C1=O. The Hall–Kier alpha value is -3.12. The highest BCUT2D eigenvalue weighted by Gasteiger charge is 2.31. The first kappa shape index (κ1) is 19.2. The summed E-state index contributed by atoms with van der Waals surface area (Å²) in [5, 5.41) is 7.78. The molecule has 1 aliphatic heterocycles. The van der Waals surface area contributed by atoms with Gasteiger partial charge in [-0.15, -0.1) is 0 Å². The molecule has 0 spiro atoms. The van der Waals surface area contributed by atoms with Gasteiger partial charge >= 0.3 is 0 Å². The number of aromatic nitrogens is 2. The number of aryl methyl sites for hydroxylation is 1. The number of hydrogen-bond acceptors (Lipinski definition) is 3. The summed E-state index contributed by atoms with van der Waals surface area (Å²) in [6.07, 6.45) is 2.59. The van der Waals surface area contributed by atoms with Gasteiger partial charge in [-0.1, -0.05) is 29.8 Å². The first-order chi connectivity index (χ1) is 13.9. The number of hydrogen-bond donors (Lipinski definition) is 1. The van der Waals surface area contributed by atoms with E-state index in [4.69, 9.17) is 11.6 Å². The smallest absolute Gasteiger partial charge is 0.254 e. The van der Waals surface area contributed by atoms with E-state index in [1.165, 1.54) is 0 Å². The van der Waals surface area contributed by atoms with Gasteiger partial charge in [0.2, 0.25) is 5.91 Å². The Morgan fingerprint density at radius 1 is 1.17 bits per heavy atom. The highest BCUT2D eigenvalue weighted by Crippen LogP contribution is 2.25. The molecule has 3 aromatic rings. The van der Waals surface area contributed by atoms with Crippen molar-refractivity contribution >= 4 is 29.1 Å². The third kappa shape index (κ3) is 3.89. The fraction of sp³-hybridized carbons (Fsp3) is 0.227. The molecule has 1 N–H and O–H groups in total. The van der Waals surface area contributed by atoms with Crippen molar-refractivity contribution in [2.24, 2.45) is 7.05 Å². The Balaban J connectivity index is 1.45. The Labute approximate surface area is 174 Å². The molecule has 4 rings (SSSR count). The first-order valence-corrected chi connectivity index (χ1v) is 9.80. The topological polar surface area (TPSA) is 67.2 Å². The lowest BCUT2D eigenvalue weighted by Gasteiger charge is -2.33. The van der Waals surface area contributed by atoms with Crippen LogP contribution in [0.2, 0.25) is 5.02 Å². The van der Waals surface area contributed by atoms with Gasteiger partial charge in [0, 0.05) is 41.6 Å². The van der Waals surface area contributed by atoms with Crippen molar-refractivity contribution < 1.29 is 9.59 Å². The molecule has 2 amide bonds. The van der Waals surface area contributed by atoms with Gasteiger partial charge in [0.15, 0.2) is 0 Å². The Bertz CT molecular complexity index is 1070. The van der Waals surface area contributed by atoms with Crippen molar-refractivity contribution in [1.82, 2.24) is 14.7 Å². The number of anilines is 1. The highest BCUT2D eigenvalue weighted by atomic mass is 35.5. The zero-order chi connectivity index (χ0) is 20.5. The van der Waals surface area contributed by atoms with Gasteiger partial charge < -0.3 is 10.2 Å². The molecule has 0 saturated carbocycles. The first-order valence-electron chi connectivity index (χ1n) is 9.43. The van der Waals surface area contributed by atoms with Gasteiger partial charge in [-0.25, -0.2) is 0 Å². The van der Waals surface area contributed by atoms with E-state index in [-0.39, 0.29) is 11.8 Å². The van der Waals surface area contributed by atoms with Crippen LogP contribution in [0.4, 0.5) is 5.69 Å². The molecule has 0 aliphatic carbocycles. The summed E-state index contributed by atoms with van der Waals surface area (Å²) in [5.41, 5.74) is 4.05. The number of rotatable bonds is 4. The van der Waals surface area contributed by atoms with E-state index in [9.17, 15) is 9.59 Å². The van der Waals surface area contributed by atoms with Crippen LogP contribution in [0.3, 0.4) is 0 Å². The number of fused-ring (bicyclic) bond motifs is 1. The van der Waals surface area contributed by atoms with E-state index < -0.39 is 6.04 Å². The number of carbonyl (C=O) groups is 2. The number of benzene rings is 2. The molecule has 0 fully saturated rings. The minimum Gasteiger partial charge on any atom is -0.327 e. The summed E-state index contributed by atoms with van der Waals surface area (Å²) in [7, 11) is 1.87. The van der Waals surface area contributed by atoms with Gasteiger partial charge in [0.1, 0.15) is 6.04 Å². The van der Waals surface area contributed by atoms with Crippen molar-refractivity contribution in [2.75, 3.05) is 11.9 Å². The molecule has 148 valence electrons. The van der Waals surface area contributed by atoms with Crippen molar-refractivity contribution in [3.63, 3.8) is 0 Å². The minimum absolute atomic E-state index is 0.165. The van der Waals surface area contributed by atoms with Crippen LogP contribution in [0.1, 0.15) is 22.8 Å². The zero-order valence-electron chi connectivity index (χ0n) is 16.2. The van der Waals surface area contributed by atoms with Crippen LogP contribution in [0.15, 0.2) is 54.7 Å². The number of halogens is 1. The van der Waals surface area contributed by atoms with Gasteiger partial charge in [-0.3, -0.25) is 14.3 Å².